The molecule has 0 aromatic rings. The molecule has 0 aromatic carbocycles. The lowest BCUT2D eigenvalue weighted by Crippen LogP contribution is -2.38. The molecule has 94 valence electrons. The summed E-state index contributed by atoms with van der Waals surface area (Å²) in [5, 5.41) is 10.7. The molecule has 4 nitrogen and oxygen atoms in total. The van der Waals surface area contributed by atoms with Crippen molar-refractivity contribution < 1.29 is 14.7 Å². The van der Waals surface area contributed by atoms with Crippen molar-refractivity contribution in [2.45, 2.75) is 31.9 Å². The molecule has 3 saturated carbocycles. The van der Waals surface area contributed by atoms with Gasteiger partial charge < -0.3 is 5.11 Å². The van der Waals surface area contributed by atoms with Crippen LogP contribution in [0.15, 0.2) is 12.2 Å². The zero-order valence-corrected chi connectivity index (χ0v) is 10.2. The van der Waals surface area contributed by atoms with E-state index in [0.717, 1.165) is 11.3 Å². The van der Waals surface area contributed by atoms with Gasteiger partial charge in [0.2, 0.25) is 11.6 Å². The summed E-state index contributed by atoms with van der Waals surface area (Å²) in [4.78, 5) is 24.5. The summed E-state index contributed by atoms with van der Waals surface area (Å²) in [6.07, 6.45) is 7.85. The van der Waals surface area contributed by atoms with Gasteiger partial charge in [0.15, 0.2) is 0 Å². The Labute approximate surface area is 105 Å². The van der Waals surface area contributed by atoms with E-state index in [4.69, 9.17) is 0 Å². The fourth-order valence-corrected chi connectivity index (χ4v) is 5.56. The van der Waals surface area contributed by atoms with Crippen LogP contribution in [0.5, 0.6) is 0 Å². The fourth-order valence-electron chi connectivity index (χ4n) is 5.56. The molecule has 4 heteroatoms. The van der Waals surface area contributed by atoms with Crippen molar-refractivity contribution in [3.63, 3.8) is 0 Å². The van der Waals surface area contributed by atoms with E-state index in [0.29, 0.717) is 23.2 Å². The third-order valence-electron chi connectivity index (χ3n) is 6.41. The highest BCUT2D eigenvalue weighted by atomic mass is 16.4. The SMILES string of the molecule is CC(=O)N1C(=O)C1(O)C12CC1C1C=CC2C12CC2. The zero-order chi connectivity index (χ0) is 12.5. The van der Waals surface area contributed by atoms with E-state index in [-0.39, 0.29) is 17.2 Å². The molecule has 1 N–H and O–H groups in total. The first-order chi connectivity index (χ1) is 8.50. The molecule has 1 aliphatic heterocycles. The van der Waals surface area contributed by atoms with Crippen LogP contribution in [0, 0.1) is 28.6 Å². The lowest BCUT2D eigenvalue weighted by atomic mass is 9.79. The molecule has 0 radical (unpaired) electrons. The van der Waals surface area contributed by atoms with Gasteiger partial charge in [-0.15, -0.1) is 0 Å². The molecule has 4 aliphatic carbocycles. The van der Waals surface area contributed by atoms with E-state index in [2.05, 4.69) is 12.2 Å². The Bertz CT molecular complexity index is 563. The van der Waals surface area contributed by atoms with Gasteiger partial charge in [0.05, 0.1) is 0 Å². The molecule has 5 atom stereocenters. The van der Waals surface area contributed by atoms with Gasteiger partial charge in [0.25, 0.3) is 5.91 Å². The minimum Gasteiger partial charge on any atom is -0.362 e. The summed E-state index contributed by atoms with van der Waals surface area (Å²) < 4.78 is 0. The number of allylic oxidation sites excluding steroid dienone is 2. The predicted molar refractivity (Wildman–Crippen MR) is 60.8 cm³/mol. The molecule has 5 aliphatic rings. The van der Waals surface area contributed by atoms with E-state index in [1.54, 1.807) is 0 Å². The molecular formula is C14H15NO3. The number of hydrogen-bond acceptors (Lipinski definition) is 3. The van der Waals surface area contributed by atoms with Crippen LogP contribution in [-0.4, -0.2) is 27.5 Å². The van der Waals surface area contributed by atoms with Crippen LogP contribution in [0.2, 0.25) is 0 Å². The molecule has 4 fully saturated rings. The number of nitrogens with zero attached hydrogens (tertiary/aromatic N) is 1. The molecule has 2 amide bonds. The molecule has 1 saturated heterocycles. The van der Waals surface area contributed by atoms with Gasteiger partial charge in [-0.3, -0.25) is 9.59 Å². The first-order valence-electron chi connectivity index (χ1n) is 6.76. The van der Waals surface area contributed by atoms with Crippen LogP contribution in [0.1, 0.15) is 26.2 Å². The van der Waals surface area contributed by atoms with Gasteiger partial charge in [-0.1, -0.05) is 12.2 Å². The first kappa shape index (κ1) is 9.73. The van der Waals surface area contributed by atoms with Crippen molar-refractivity contribution in [3.05, 3.63) is 12.2 Å². The van der Waals surface area contributed by atoms with Gasteiger partial charge in [-0.05, 0) is 42.4 Å². The Morgan fingerprint density at radius 2 is 2.17 bits per heavy atom. The van der Waals surface area contributed by atoms with Crippen molar-refractivity contribution in [1.29, 1.82) is 0 Å². The average Bonchev–Trinajstić information content (AvgIpc) is 3.18. The van der Waals surface area contributed by atoms with Crippen LogP contribution in [-0.2, 0) is 9.59 Å². The van der Waals surface area contributed by atoms with Gasteiger partial charge >= 0.3 is 0 Å². The lowest BCUT2D eigenvalue weighted by Gasteiger charge is -2.27. The van der Waals surface area contributed by atoms with Gasteiger partial charge in [-0.2, -0.15) is 0 Å². The van der Waals surface area contributed by atoms with Crippen LogP contribution in [0.25, 0.3) is 0 Å². The molecule has 0 aromatic heterocycles. The number of fused-ring (bicyclic) bond motifs is 3. The lowest BCUT2D eigenvalue weighted by molar-refractivity contribution is -0.130. The highest BCUT2D eigenvalue weighted by Gasteiger charge is 2.92. The number of hydrogen-bond donors (Lipinski definition) is 1. The number of carbonyl (C=O) groups excluding carboxylic acids is 2. The molecule has 18 heavy (non-hydrogen) atoms. The number of aliphatic hydroxyl groups is 1. The fraction of sp³-hybridized carbons (Fsp3) is 0.714. The Balaban J connectivity index is 1.63. The van der Waals surface area contributed by atoms with E-state index < -0.39 is 5.72 Å². The zero-order valence-electron chi connectivity index (χ0n) is 10.2. The first-order valence-corrected chi connectivity index (χ1v) is 6.76. The van der Waals surface area contributed by atoms with Crippen molar-refractivity contribution >= 4 is 11.8 Å². The van der Waals surface area contributed by atoms with E-state index in [1.165, 1.54) is 19.8 Å². The summed E-state index contributed by atoms with van der Waals surface area (Å²) in [6.45, 7) is 1.36. The van der Waals surface area contributed by atoms with Crippen LogP contribution < -0.4 is 0 Å². The second kappa shape index (κ2) is 2.20. The third kappa shape index (κ3) is 0.636. The number of rotatable bonds is 1. The van der Waals surface area contributed by atoms with E-state index in [9.17, 15) is 14.7 Å². The summed E-state index contributed by atoms with van der Waals surface area (Å²) in [6, 6.07) is 0. The summed E-state index contributed by atoms with van der Waals surface area (Å²) in [7, 11) is 0. The second-order valence-corrected chi connectivity index (χ2v) is 6.80. The van der Waals surface area contributed by atoms with E-state index in [1.807, 2.05) is 0 Å². The number of amides is 2. The Morgan fingerprint density at radius 3 is 2.67 bits per heavy atom. The van der Waals surface area contributed by atoms with Crippen molar-refractivity contribution in [2.24, 2.45) is 28.6 Å². The van der Waals surface area contributed by atoms with Gasteiger partial charge in [0, 0.05) is 12.3 Å². The van der Waals surface area contributed by atoms with Crippen LogP contribution >= 0.6 is 0 Å². The van der Waals surface area contributed by atoms with Crippen molar-refractivity contribution in [3.8, 4) is 0 Å². The molecular weight excluding hydrogens is 230 g/mol. The quantitative estimate of drug-likeness (QED) is 0.545. The van der Waals surface area contributed by atoms with Gasteiger partial charge in [0.1, 0.15) is 0 Å². The van der Waals surface area contributed by atoms with Crippen molar-refractivity contribution in [2.75, 3.05) is 0 Å². The average molecular weight is 245 g/mol. The minimum atomic E-state index is -1.47. The third-order valence-corrected chi connectivity index (χ3v) is 6.41. The Kier molecular flexibility index (Phi) is 1.19. The highest BCUT2D eigenvalue weighted by Crippen LogP contribution is 2.88. The monoisotopic (exact) mass is 245 g/mol. The Morgan fingerprint density at radius 1 is 1.44 bits per heavy atom. The second-order valence-electron chi connectivity index (χ2n) is 6.80. The smallest absolute Gasteiger partial charge is 0.286 e. The number of imide groups is 1. The highest BCUT2D eigenvalue weighted by molar-refractivity contribution is 6.14. The molecule has 1 spiro atoms. The maximum atomic E-state index is 11.9. The number of carbonyl (C=O) groups is 2. The molecule has 5 rings (SSSR count). The summed E-state index contributed by atoms with van der Waals surface area (Å²) >= 11 is 0. The normalized spacial score (nSPS) is 56.0. The Hall–Kier alpha value is -1.16. The van der Waals surface area contributed by atoms with Crippen LogP contribution in [0.4, 0.5) is 0 Å². The molecule has 1 heterocycles. The van der Waals surface area contributed by atoms with Crippen molar-refractivity contribution in [1.82, 2.24) is 4.90 Å². The minimum absolute atomic E-state index is 0.318. The van der Waals surface area contributed by atoms with E-state index >= 15 is 0 Å². The summed E-state index contributed by atoms with van der Waals surface area (Å²) in [5.41, 5.74) is -1.45. The van der Waals surface area contributed by atoms with Gasteiger partial charge in [-0.25, -0.2) is 4.90 Å². The largest absolute Gasteiger partial charge is 0.362 e. The topological polar surface area (TPSA) is 57.4 Å². The predicted octanol–water partition coefficient (Wildman–Crippen LogP) is 0.666. The maximum absolute atomic E-state index is 11.9. The van der Waals surface area contributed by atoms with Crippen LogP contribution in [0.3, 0.4) is 0 Å². The standard InChI is InChI=1S/C14H15NO3/c1-7(16)15-11(17)14(15,18)13-6-9(13)8-2-3-10(13)12(8)4-5-12/h2-3,8-10,18H,4-6H2,1H3. The molecule has 5 unspecified atom stereocenters. The molecule has 2 bridgehead atoms. The summed E-state index contributed by atoms with van der Waals surface area (Å²) in [5.74, 6) is 0.605. The maximum Gasteiger partial charge on any atom is 0.286 e.